The highest BCUT2D eigenvalue weighted by Gasteiger charge is 2.66. The molecule has 2 atom stereocenters. The number of hydrogen-bond acceptors (Lipinski definition) is 3. The van der Waals surface area contributed by atoms with Crippen LogP contribution in [0.15, 0.2) is 115 Å². The third-order valence-corrected chi connectivity index (χ3v) is 7.76. The molecular weight excluding hydrogens is 474 g/mol. The summed E-state index contributed by atoms with van der Waals surface area (Å²) in [7, 11) is -0.510. The Balaban J connectivity index is 1.74. The van der Waals surface area contributed by atoms with E-state index in [1.807, 2.05) is 83.8 Å². The Bertz CT molecular complexity index is 1300. The van der Waals surface area contributed by atoms with E-state index >= 15 is 0 Å². The molecule has 0 aromatic heterocycles. The van der Waals surface area contributed by atoms with Gasteiger partial charge < -0.3 is 14.1 Å². The Labute approximate surface area is 220 Å². The monoisotopic (exact) mass is 507 g/mol. The summed E-state index contributed by atoms with van der Waals surface area (Å²) in [5.41, 5.74) is 2.92. The molecule has 37 heavy (non-hydrogen) atoms. The SMILES string of the molecule is COc1ccc(C2N(C(c3ccccc3)c3ccccc3)C(=O)C2(O[Si](C)(C)C)c2ccccc2)cc1. The second-order valence-corrected chi connectivity index (χ2v) is 14.9. The lowest BCUT2D eigenvalue weighted by Crippen LogP contribution is -2.70. The fraction of sp³-hybridized carbons (Fsp3) is 0.219. The number of likely N-dealkylation sites (tertiary alicyclic amines) is 1. The van der Waals surface area contributed by atoms with Gasteiger partial charge in [-0.05, 0) is 54.0 Å². The fourth-order valence-corrected chi connectivity index (χ4v) is 6.68. The average molecular weight is 508 g/mol. The Hall–Kier alpha value is -3.67. The zero-order chi connectivity index (χ0) is 26.0. The molecule has 0 spiro atoms. The Morgan fingerprint density at radius 3 is 1.68 bits per heavy atom. The van der Waals surface area contributed by atoms with Gasteiger partial charge in [0.2, 0.25) is 0 Å². The molecule has 0 N–H and O–H groups in total. The van der Waals surface area contributed by atoms with Gasteiger partial charge in [0.05, 0.1) is 19.2 Å². The van der Waals surface area contributed by atoms with Crippen LogP contribution in [0.3, 0.4) is 0 Å². The minimum absolute atomic E-state index is 0.0142. The summed E-state index contributed by atoms with van der Waals surface area (Å²) in [6.45, 7) is 6.43. The second-order valence-electron chi connectivity index (χ2n) is 10.4. The van der Waals surface area contributed by atoms with Crippen molar-refractivity contribution in [2.24, 2.45) is 0 Å². The molecule has 0 bridgehead atoms. The van der Waals surface area contributed by atoms with Crippen LogP contribution in [0.4, 0.5) is 0 Å². The zero-order valence-electron chi connectivity index (χ0n) is 21.8. The summed E-state index contributed by atoms with van der Waals surface area (Å²) in [6, 6.07) is 37.9. The molecule has 4 nitrogen and oxygen atoms in total. The van der Waals surface area contributed by atoms with Gasteiger partial charge in [-0.25, -0.2) is 0 Å². The molecule has 2 unspecified atom stereocenters. The van der Waals surface area contributed by atoms with E-state index in [-0.39, 0.29) is 18.0 Å². The van der Waals surface area contributed by atoms with Gasteiger partial charge in [-0.3, -0.25) is 4.79 Å². The summed E-state index contributed by atoms with van der Waals surface area (Å²) in [5.74, 6) is 0.764. The fourth-order valence-electron chi connectivity index (χ4n) is 5.40. The Morgan fingerprint density at radius 1 is 0.730 bits per heavy atom. The predicted molar refractivity (Wildman–Crippen MR) is 150 cm³/mol. The molecule has 5 rings (SSSR count). The Morgan fingerprint density at radius 2 is 1.22 bits per heavy atom. The van der Waals surface area contributed by atoms with E-state index in [1.165, 1.54) is 0 Å². The van der Waals surface area contributed by atoms with Gasteiger partial charge in [0.1, 0.15) is 5.75 Å². The van der Waals surface area contributed by atoms with E-state index in [9.17, 15) is 4.79 Å². The number of hydrogen-bond donors (Lipinski definition) is 0. The van der Waals surface area contributed by atoms with Gasteiger partial charge in [0.15, 0.2) is 13.9 Å². The lowest BCUT2D eigenvalue weighted by atomic mass is 9.71. The number of ether oxygens (including phenoxy) is 1. The van der Waals surface area contributed by atoms with Gasteiger partial charge >= 0.3 is 0 Å². The van der Waals surface area contributed by atoms with Crippen molar-refractivity contribution in [3.8, 4) is 5.75 Å². The molecule has 1 saturated heterocycles. The van der Waals surface area contributed by atoms with Crippen molar-refractivity contribution in [1.29, 1.82) is 0 Å². The van der Waals surface area contributed by atoms with Crippen molar-refractivity contribution in [3.63, 3.8) is 0 Å². The predicted octanol–water partition coefficient (Wildman–Crippen LogP) is 7.12. The molecule has 1 heterocycles. The van der Waals surface area contributed by atoms with Crippen molar-refractivity contribution >= 4 is 14.2 Å². The van der Waals surface area contributed by atoms with Gasteiger partial charge in [-0.15, -0.1) is 0 Å². The van der Waals surface area contributed by atoms with Crippen LogP contribution in [0.1, 0.15) is 34.3 Å². The van der Waals surface area contributed by atoms with Crippen LogP contribution in [0.5, 0.6) is 5.75 Å². The number of rotatable bonds is 8. The number of carbonyl (C=O) groups is 1. The third kappa shape index (κ3) is 4.61. The first-order chi connectivity index (χ1) is 17.8. The van der Waals surface area contributed by atoms with Crippen LogP contribution in [-0.2, 0) is 14.8 Å². The summed E-state index contributed by atoms with van der Waals surface area (Å²) >= 11 is 0. The van der Waals surface area contributed by atoms with Crippen LogP contribution in [0.25, 0.3) is 0 Å². The molecule has 1 amide bonds. The molecule has 1 fully saturated rings. The largest absolute Gasteiger partial charge is 0.497 e. The molecule has 4 aromatic carbocycles. The van der Waals surface area contributed by atoms with E-state index in [4.69, 9.17) is 9.16 Å². The summed E-state index contributed by atoms with van der Waals surface area (Å²) in [5, 5.41) is 0. The molecule has 5 heteroatoms. The van der Waals surface area contributed by atoms with Crippen LogP contribution in [0, 0.1) is 0 Å². The van der Waals surface area contributed by atoms with Crippen LogP contribution >= 0.6 is 0 Å². The number of β-lactam (4-membered cyclic amide) rings is 1. The molecule has 188 valence electrons. The smallest absolute Gasteiger partial charge is 0.262 e. The van der Waals surface area contributed by atoms with Crippen molar-refractivity contribution in [2.75, 3.05) is 7.11 Å². The highest BCUT2D eigenvalue weighted by atomic mass is 28.4. The average Bonchev–Trinajstić information content (AvgIpc) is 2.93. The molecule has 0 aliphatic carbocycles. The van der Waals surface area contributed by atoms with Gasteiger partial charge in [0, 0.05) is 0 Å². The van der Waals surface area contributed by atoms with E-state index in [1.54, 1.807) is 7.11 Å². The minimum atomic E-state index is -2.17. The molecule has 0 radical (unpaired) electrons. The minimum Gasteiger partial charge on any atom is -0.497 e. The van der Waals surface area contributed by atoms with Gasteiger partial charge in [-0.2, -0.15) is 0 Å². The van der Waals surface area contributed by atoms with Crippen LogP contribution in [0.2, 0.25) is 19.6 Å². The van der Waals surface area contributed by atoms with Crippen LogP contribution in [-0.4, -0.2) is 26.2 Å². The molecule has 4 aromatic rings. The molecule has 1 aliphatic rings. The van der Waals surface area contributed by atoms with Crippen molar-refractivity contribution < 1.29 is 14.0 Å². The van der Waals surface area contributed by atoms with Crippen molar-refractivity contribution in [2.45, 2.75) is 37.3 Å². The number of benzene rings is 4. The van der Waals surface area contributed by atoms with E-state index in [0.717, 1.165) is 28.0 Å². The first-order valence-corrected chi connectivity index (χ1v) is 16.1. The summed E-state index contributed by atoms with van der Waals surface area (Å²) in [4.78, 5) is 16.7. The maximum atomic E-state index is 14.7. The van der Waals surface area contributed by atoms with Gasteiger partial charge in [-0.1, -0.05) is 103 Å². The van der Waals surface area contributed by atoms with Gasteiger partial charge in [0.25, 0.3) is 5.91 Å². The Kier molecular flexibility index (Phi) is 6.76. The third-order valence-electron chi connectivity index (χ3n) is 6.83. The lowest BCUT2D eigenvalue weighted by molar-refractivity contribution is -0.196. The summed E-state index contributed by atoms with van der Waals surface area (Å²) in [6.07, 6.45) is 0. The first kappa shape index (κ1) is 25.0. The maximum Gasteiger partial charge on any atom is 0.262 e. The number of methoxy groups -OCH3 is 1. The standard InChI is InChI=1S/C32H33NO3Si/c1-35-28-22-20-26(21-23-28)30-32(36-37(2,3)4,27-18-12-7-13-19-27)31(34)33(30)29(24-14-8-5-9-15-24)25-16-10-6-11-17-25/h5-23,29-30H,1-4H3. The number of amides is 1. The molecule has 0 saturated carbocycles. The van der Waals surface area contributed by atoms with E-state index < -0.39 is 13.9 Å². The first-order valence-electron chi connectivity index (χ1n) is 12.7. The molecular formula is C32H33NO3Si. The topological polar surface area (TPSA) is 38.8 Å². The van der Waals surface area contributed by atoms with Crippen molar-refractivity contribution in [1.82, 2.24) is 4.90 Å². The highest BCUT2D eigenvalue weighted by molar-refractivity contribution is 6.70. The zero-order valence-corrected chi connectivity index (χ0v) is 22.8. The van der Waals surface area contributed by atoms with E-state index in [2.05, 4.69) is 56.0 Å². The lowest BCUT2D eigenvalue weighted by Gasteiger charge is -2.60. The van der Waals surface area contributed by atoms with Crippen LogP contribution < -0.4 is 4.74 Å². The molecule has 1 aliphatic heterocycles. The maximum absolute atomic E-state index is 14.7. The highest BCUT2D eigenvalue weighted by Crippen LogP contribution is 2.58. The summed E-state index contributed by atoms with van der Waals surface area (Å²) < 4.78 is 12.4. The van der Waals surface area contributed by atoms with Crippen molar-refractivity contribution in [3.05, 3.63) is 138 Å². The number of carbonyl (C=O) groups excluding carboxylic acids is 1. The number of nitrogens with zero attached hydrogens (tertiary/aromatic N) is 1. The second kappa shape index (κ2) is 10.00. The quantitative estimate of drug-likeness (QED) is 0.188. The normalized spacial score (nSPS) is 19.5. The van der Waals surface area contributed by atoms with E-state index in [0.29, 0.717) is 0 Å².